The van der Waals surface area contributed by atoms with E-state index in [0.717, 1.165) is 67.3 Å². The molecule has 228 valence electrons. The van der Waals surface area contributed by atoms with Gasteiger partial charge in [-0.15, -0.1) is 0 Å². The Hall–Kier alpha value is -3.92. The van der Waals surface area contributed by atoms with Gasteiger partial charge in [-0.1, -0.05) is 48.5 Å². The molecule has 1 aliphatic heterocycles. The van der Waals surface area contributed by atoms with Gasteiger partial charge in [0.15, 0.2) is 0 Å². The predicted molar refractivity (Wildman–Crippen MR) is 165 cm³/mol. The van der Waals surface area contributed by atoms with Crippen LogP contribution >= 0.6 is 0 Å². The molecule has 1 aromatic heterocycles. The second-order valence-electron chi connectivity index (χ2n) is 10.5. The molecule has 0 saturated carbocycles. The van der Waals surface area contributed by atoms with E-state index in [1.165, 1.54) is 5.56 Å². The topological polar surface area (TPSA) is 88.9 Å². The van der Waals surface area contributed by atoms with Crippen LogP contribution in [0.3, 0.4) is 0 Å². The number of methoxy groups -OCH3 is 1. The van der Waals surface area contributed by atoms with Crippen LogP contribution in [0.15, 0.2) is 85.5 Å². The number of rotatable bonds is 17. The van der Waals surface area contributed by atoms with Crippen LogP contribution in [0.5, 0.6) is 17.2 Å². The molecule has 43 heavy (non-hydrogen) atoms. The van der Waals surface area contributed by atoms with Crippen molar-refractivity contribution >= 4 is 0 Å². The van der Waals surface area contributed by atoms with E-state index in [1.807, 2.05) is 47.1 Å². The molecule has 0 bridgehead atoms. The third-order valence-corrected chi connectivity index (χ3v) is 7.61. The lowest BCUT2D eigenvalue weighted by atomic mass is 9.88. The van der Waals surface area contributed by atoms with Crippen LogP contribution < -0.4 is 19.5 Å². The van der Waals surface area contributed by atoms with Gasteiger partial charge in [0.25, 0.3) is 0 Å². The van der Waals surface area contributed by atoms with Crippen molar-refractivity contribution in [2.45, 2.75) is 44.4 Å². The summed E-state index contributed by atoms with van der Waals surface area (Å²) in [4.78, 5) is 4.01. The van der Waals surface area contributed by atoms with Gasteiger partial charge in [0.1, 0.15) is 36.5 Å². The molecule has 9 nitrogen and oxygen atoms in total. The molecule has 1 N–H and O–H groups in total. The number of nitrogens with zero attached hydrogens (tertiary/aromatic N) is 3. The highest BCUT2D eigenvalue weighted by Crippen LogP contribution is 2.29. The van der Waals surface area contributed by atoms with Gasteiger partial charge in [-0.3, -0.25) is 4.68 Å². The maximum absolute atomic E-state index is 6.35. The Morgan fingerprint density at radius 2 is 1.67 bits per heavy atom. The van der Waals surface area contributed by atoms with Gasteiger partial charge in [0.2, 0.25) is 0 Å². The minimum atomic E-state index is 0.0899. The smallest absolute Gasteiger partial charge is 0.137 e. The van der Waals surface area contributed by atoms with Gasteiger partial charge in [0, 0.05) is 31.0 Å². The summed E-state index contributed by atoms with van der Waals surface area (Å²) >= 11 is 0. The summed E-state index contributed by atoms with van der Waals surface area (Å²) in [7, 11) is 1.68. The largest absolute Gasteiger partial charge is 0.496 e. The van der Waals surface area contributed by atoms with E-state index in [4.69, 9.17) is 23.7 Å². The Morgan fingerprint density at radius 1 is 0.860 bits per heavy atom. The SMILES string of the molecule is COc1ccccc1COCCCOc1ccc([C@H]2CCNC[C@@H]2OCCOc2ccccc2CCn2cncn2)cc1. The first-order chi connectivity index (χ1) is 21.3. The zero-order valence-electron chi connectivity index (χ0n) is 24.9. The van der Waals surface area contributed by atoms with Crippen molar-refractivity contribution in [3.8, 4) is 17.2 Å². The molecule has 0 radical (unpaired) electrons. The summed E-state index contributed by atoms with van der Waals surface area (Å²) in [5, 5.41) is 7.67. The number of benzene rings is 3. The quantitative estimate of drug-likeness (QED) is 0.172. The van der Waals surface area contributed by atoms with Crippen molar-refractivity contribution < 1.29 is 23.7 Å². The first kappa shape index (κ1) is 30.5. The van der Waals surface area contributed by atoms with E-state index in [2.05, 4.69) is 45.7 Å². The molecule has 1 aliphatic rings. The fraction of sp³-hybridized carbons (Fsp3) is 0.412. The number of hydrogen-bond donors (Lipinski definition) is 1. The highest BCUT2D eigenvalue weighted by Gasteiger charge is 2.27. The number of aromatic nitrogens is 3. The zero-order chi connectivity index (χ0) is 29.5. The van der Waals surface area contributed by atoms with Crippen LogP contribution in [-0.4, -0.2) is 67.5 Å². The van der Waals surface area contributed by atoms with E-state index in [0.29, 0.717) is 39.0 Å². The average Bonchev–Trinajstić information content (AvgIpc) is 3.59. The van der Waals surface area contributed by atoms with Gasteiger partial charge < -0.3 is 29.0 Å². The molecular weight excluding hydrogens is 544 g/mol. The average molecular weight is 587 g/mol. The van der Waals surface area contributed by atoms with E-state index in [9.17, 15) is 0 Å². The third kappa shape index (κ3) is 9.28. The lowest BCUT2D eigenvalue weighted by Gasteiger charge is -2.32. The van der Waals surface area contributed by atoms with Crippen molar-refractivity contribution in [3.63, 3.8) is 0 Å². The minimum Gasteiger partial charge on any atom is -0.496 e. The number of aryl methyl sites for hydroxylation is 2. The van der Waals surface area contributed by atoms with Crippen LogP contribution in [0.1, 0.15) is 35.4 Å². The second-order valence-corrected chi connectivity index (χ2v) is 10.5. The van der Waals surface area contributed by atoms with Crippen molar-refractivity contribution in [1.82, 2.24) is 20.1 Å². The van der Waals surface area contributed by atoms with Gasteiger partial charge in [-0.2, -0.15) is 5.10 Å². The van der Waals surface area contributed by atoms with Crippen LogP contribution in [0.4, 0.5) is 0 Å². The van der Waals surface area contributed by atoms with Crippen LogP contribution in [0, 0.1) is 0 Å². The normalized spacial score (nSPS) is 16.6. The summed E-state index contributed by atoms with van der Waals surface area (Å²) in [6.45, 7) is 5.35. The van der Waals surface area contributed by atoms with Crippen LogP contribution in [0.2, 0.25) is 0 Å². The molecule has 0 spiro atoms. The highest BCUT2D eigenvalue weighted by atomic mass is 16.5. The molecule has 2 heterocycles. The molecule has 0 aliphatic carbocycles. The third-order valence-electron chi connectivity index (χ3n) is 7.61. The Morgan fingerprint density at radius 3 is 2.49 bits per heavy atom. The molecule has 0 amide bonds. The molecule has 5 rings (SSSR count). The number of piperidine rings is 1. The summed E-state index contributed by atoms with van der Waals surface area (Å²) in [6.07, 6.45) is 6.05. The Bertz CT molecular complexity index is 1350. The van der Waals surface area contributed by atoms with Crippen molar-refractivity contribution in [3.05, 3.63) is 102 Å². The Labute approximate surface area is 254 Å². The van der Waals surface area contributed by atoms with E-state index in [1.54, 1.807) is 19.8 Å². The van der Waals surface area contributed by atoms with Gasteiger partial charge in [0.05, 0.1) is 39.6 Å². The molecule has 1 saturated heterocycles. The molecule has 1 fully saturated rings. The predicted octanol–water partition coefficient (Wildman–Crippen LogP) is 5.06. The lowest BCUT2D eigenvalue weighted by Crippen LogP contribution is -2.41. The van der Waals surface area contributed by atoms with Crippen LogP contribution in [0.25, 0.3) is 0 Å². The van der Waals surface area contributed by atoms with Gasteiger partial charge >= 0.3 is 0 Å². The molecule has 0 unspecified atom stereocenters. The van der Waals surface area contributed by atoms with Crippen LogP contribution in [-0.2, 0) is 29.0 Å². The standard InChI is InChI=1S/C34H42N4O5/c1-39-32-9-4-3-8-29(32)24-40-19-6-20-41-30-13-11-27(12-14-30)31-15-17-35-23-34(31)43-22-21-42-33-10-5-2-7-28(33)16-18-38-26-36-25-37-38/h2-5,7-14,25-26,31,34-35H,6,15-24H2,1H3/t31-,34+/m1/s1. The molecule has 3 aromatic carbocycles. The van der Waals surface area contributed by atoms with E-state index < -0.39 is 0 Å². The van der Waals surface area contributed by atoms with E-state index >= 15 is 0 Å². The maximum atomic E-state index is 6.35. The fourth-order valence-corrected chi connectivity index (χ4v) is 5.34. The summed E-state index contributed by atoms with van der Waals surface area (Å²) in [5.41, 5.74) is 3.48. The van der Waals surface area contributed by atoms with Crippen molar-refractivity contribution in [1.29, 1.82) is 0 Å². The molecule has 9 heteroatoms. The van der Waals surface area contributed by atoms with Crippen molar-refractivity contribution in [2.75, 3.05) is 46.6 Å². The Kier molecular flexibility index (Phi) is 11.8. The van der Waals surface area contributed by atoms with Gasteiger partial charge in [-0.05, 0) is 54.8 Å². The summed E-state index contributed by atoms with van der Waals surface area (Å²) < 4.78 is 31.5. The number of nitrogens with one attached hydrogen (secondary N) is 1. The Balaban J connectivity index is 1.02. The summed E-state index contributed by atoms with van der Waals surface area (Å²) in [5.74, 6) is 2.94. The number of ether oxygens (including phenoxy) is 5. The number of hydrogen-bond acceptors (Lipinski definition) is 8. The zero-order valence-corrected chi connectivity index (χ0v) is 24.9. The van der Waals surface area contributed by atoms with E-state index in [-0.39, 0.29) is 6.10 Å². The molecular formula is C34H42N4O5. The first-order valence-electron chi connectivity index (χ1n) is 15.1. The lowest BCUT2D eigenvalue weighted by molar-refractivity contribution is 0.00720. The number of para-hydroxylation sites is 2. The fourth-order valence-electron chi connectivity index (χ4n) is 5.34. The molecule has 2 atom stereocenters. The monoisotopic (exact) mass is 586 g/mol. The minimum absolute atomic E-state index is 0.0899. The van der Waals surface area contributed by atoms with Gasteiger partial charge in [-0.25, -0.2) is 4.98 Å². The van der Waals surface area contributed by atoms with Crippen molar-refractivity contribution in [2.24, 2.45) is 0 Å². The summed E-state index contributed by atoms with van der Waals surface area (Å²) in [6, 6.07) is 24.5. The second kappa shape index (κ2) is 16.6. The molecule has 4 aromatic rings. The maximum Gasteiger partial charge on any atom is 0.137 e. The first-order valence-corrected chi connectivity index (χ1v) is 15.1. The highest BCUT2D eigenvalue weighted by molar-refractivity contribution is 5.34.